The lowest BCUT2D eigenvalue weighted by Gasteiger charge is -2.36. The molecule has 9 rings (SSSR count). The summed E-state index contributed by atoms with van der Waals surface area (Å²) in [5, 5.41) is 35.0. The molecule has 2 saturated carbocycles. The number of anilines is 5. The normalized spacial score (nSPS) is 18.2. The lowest BCUT2D eigenvalue weighted by molar-refractivity contribution is -0.118. The molecule has 0 atom stereocenters. The molecule has 16 heteroatoms. The summed E-state index contributed by atoms with van der Waals surface area (Å²) in [6, 6.07) is 14.0. The van der Waals surface area contributed by atoms with E-state index >= 15 is 0 Å². The fourth-order valence-corrected chi connectivity index (χ4v) is 7.20. The summed E-state index contributed by atoms with van der Waals surface area (Å²) in [6.45, 7) is 4.35. The highest BCUT2D eigenvalue weighted by molar-refractivity contribution is 5.93. The molecule has 0 bridgehead atoms. The zero-order chi connectivity index (χ0) is 35.3. The molecule has 0 radical (unpaired) electrons. The van der Waals surface area contributed by atoms with E-state index in [1.807, 2.05) is 36.4 Å². The number of pyridine rings is 3. The second kappa shape index (κ2) is 13.1. The molecular weight excluding hydrogens is 662 g/mol. The molecule has 4 fully saturated rings. The predicted octanol–water partition coefficient (Wildman–Crippen LogP) is 2.94. The molecule has 0 aromatic carbocycles. The number of fused-ring (bicyclic) bond motifs is 2. The Kier molecular flexibility index (Phi) is 8.06. The fourth-order valence-electron chi connectivity index (χ4n) is 7.20. The maximum absolute atomic E-state index is 12.6. The first-order valence-corrected chi connectivity index (χ1v) is 18.1. The van der Waals surface area contributed by atoms with Gasteiger partial charge in [-0.1, -0.05) is 6.07 Å². The molecular formula is C36H39N13O3. The molecule has 0 unspecified atom stereocenters. The minimum absolute atomic E-state index is 0.00911. The van der Waals surface area contributed by atoms with Crippen molar-refractivity contribution in [3.05, 3.63) is 48.2 Å². The van der Waals surface area contributed by atoms with Crippen molar-refractivity contribution in [2.45, 2.75) is 38.5 Å². The van der Waals surface area contributed by atoms with Crippen LogP contribution in [0.3, 0.4) is 0 Å². The third-order valence-electron chi connectivity index (χ3n) is 10.6. The summed E-state index contributed by atoms with van der Waals surface area (Å²) in [4.78, 5) is 45.6. The van der Waals surface area contributed by atoms with E-state index in [0.717, 1.165) is 74.4 Å². The Balaban J connectivity index is 0.959. The SMILES string of the molecule is N#Cc1cc(-c2ccc(N3CCC(CO)CC3)n3nc(NC(=O)C4CC4)nc23)cnc1N1CCN(c2cccc3nc(NC(=O)C4CC4)nn23)CC1. The summed E-state index contributed by atoms with van der Waals surface area (Å²) in [5.41, 5.74) is 3.16. The number of carbonyl (C=O) groups is 2. The summed E-state index contributed by atoms with van der Waals surface area (Å²) in [7, 11) is 0. The van der Waals surface area contributed by atoms with E-state index in [4.69, 9.17) is 15.1 Å². The van der Waals surface area contributed by atoms with Gasteiger partial charge < -0.3 is 19.8 Å². The number of nitriles is 1. The van der Waals surface area contributed by atoms with Gasteiger partial charge in [0.2, 0.25) is 23.7 Å². The first kappa shape index (κ1) is 32.1. The van der Waals surface area contributed by atoms with Crippen LogP contribution in [0.5, 0.6) is 0 Å². The lowest BCUT2D eigenvalue weighted by atomic mass is 9.98. The molecule has 5 aromatic rings. The summed E-state index contributed by atoms with van der Waals surface area (Å²) in [6.07, 6.45) is 7.10. The molecule has 2 aliphatic heterocycles. The predicted molar refractivity (Wildman–Crippen MR) is 193 cm³/mol. The number of piperidine rings is 1. The zero-order valence-corrected chi connectivity index (χ0v) is 28.6. The van der Waals surface area contributed by atoms with Crippen LogP contribution in [-0.2, 0) is 9.59 Å². The third-order valence-corrected chi connectivity index (χ3v) is 10.6. The second-order valence-electron chi connectivity index (χ2n) is 14.2. The van der Waals surface area contributed by atoms with Crippen LogP contribution >= 0.6 is 0 Å². The molecule has 3 N–H and O–H groups in total. The lowest BCUT2D eigenvalue weighted by Crippen LogP contribution is -2.47. The molecule has 16 nitrogen and oxygen atoms in total. The molecule has 7 heterocycles. The first-order chi connectivity index (χ1) is 25.4. The topological polar surface area (TPSA) is 185 Å². The molecule has 4 aliphatic rings. The smallest absolute Gasteiger partial charge is 0.249 e. The summed E-state index contributed by atoms with van der Waals surface area (Å²) < 4.78 is 3.54. The maximum atomic E-state index is 12.6. The molecule has 2 saturated heterocycles. The third kappa shape index (κ3) is 6.10. The Morgan fingerprint density at radius 2 is 1.42 bits per heavy atom. The van der Waals surface area contributed by atoms with E-state index in [1.165, 1.54) is 0 Å². The minimum atomic E-state index is -0.0688. The minimum Gasteiger partial charge on any atom is -0.396 e. The van der Waals surface area contributed by atoms with Crippen molar-refractivity contribution in [3.63, 3.8) is 0 Å². The number of hydrogen-bond donors (Lipinski definition) is 3. The average Bonchev–Trinajstić information content (AvgIpc) is 4.12. The van der Waals surface area contributed by atoms with Crippen molar-refractivity contribution >= 4 is 52.5 Å². The number of hydrogen-bond acceptors (Lipinski definition) is 12. The Labute approximate surface area is 299 Å². The van der Waals surface area contributed by atoms with Gasteiger partial charge in [0.15, 0.2) is 11.3 Å². The van der Waals surface area contributed by atoms with Gasteiger partial charge in [0, 0.05) is 75.0 Å². The molecule has 266 valence electrons. The Morgan fingerprint density at radius 1 is 0.788 bits per heavy atom. The highest BCUT2D eigenvalue weighted by atomic mass is 16.3. The van der Waals surface area contributed by atoms with Crippen LogP contribution in [0.2, 0.25) is 0 Å². The number of aromatic nitrogens is 7. The largest absolute Gasteiger partial charge is 0.396 e. The number of nitrogens with one attached hydrogen (secondary N) is 2. The Bertz CT molecular complexity index is 2220. The molecule has 52 heavy (non-hydrogen) atoms. The van der Waals surface area contributed by atoms with E-state index in [9.17, 15) is 20.0 Å². The molecule has 0 spiro atoms. The van der Waals surface area contributed by atoms with E-state index in [1.54, 1.807) is 15.2 Å². The van der Waals surface area contributed by atoms with Gasteiger partial charge in [0.1, 0.15) is 23.5 Å². The van der Waals surface area contributed by atoms with Gasteiger partial charge in [-0.3, -0.25) is 20.2 Å². The number of amides is 2. The quantitative estimate of drug-likeness (QED) is 0.204. The van der Waals surface area contributed by atoms with Gasteiger partial charge in [0.25, 0.3) is 0 Å². The molecule has 2 aliphatic carbocycles. The van der Waals surface area contributed by atoms with Crippen LogP contribution in [-0.4, -0.2) is 97.0 Å². The van der Waals surface area contributed by atoms with E-state index in [2.05, 4.69) is 41.5 Å². The van der Waals surface area contributed by atoms with Crippen molar-refractivity contribution in [1.29, 1.82) is 5.26 Å². The van der Waals surface area contributed by atoms with Crippen molar-refractivity contribution in [2.75, 3.05) is 71.2 Å². The van der Waals surface area contributed by atoms with Crippen LogP contribution in [0, 0.1) is 29.1 Å². The van der Waals surface area contributed by atoms with Crippen LogP contribution in [0.4, 0.5) is 29.4 Å². The Morgan fingerprint density at radius 3 is 2.10 bits per heavy atom. The van der Waals surface area contributed by atoms with E-state index in [-0.39, 0.29) is 42.1 Å². The second-order valence-corrected chi connectivity index (χ2v) is 14.2. The van der Waals surface area contributed by atoms with Gasteiger partial charge in [-0.25, -0.2) is 4.98 Å². The molecule has 5 aromatic heterocycles. The number of rotatable bonds is 9. The number of nitrogens with zero attached hydrogens (tertiary/aromatic N) is 11. The first-order valence-electron chi connectivity index (χ1n) is 18.1. The zero-order valence-electron chi connectivity index (χ0n) is 28.6. The number of aliphatic hydroxyl groups is 1. The van der Waals surface area contributed by atoms with Gasteiger partial charge in [-0.05, 0) is 74.8 Å². The van der Waals surface area contributed by atoms with Gasteiger partial charge >= 0.3 is 0 Å². The van der Waals surface area contributed by atoms with Crippen molar-refractivity contribution in [1.82, 2.24) is 34.2 Å². The van der Waals surface area contributed by atoms with Crippen LogP contribution in [0.1, 0.15) is 44.1 Å². The monoisotopic (exact) mass is 701 g/mol. The summed E-state index contributed by atoms with van der Waals surface area (Å²) >= 11 is 0. The maximum Gasteiger partial charge on any atom is 0.249 e. The van der Waals surface area contributed by atoms with Gasteiger partial charge in [0.05, 0.1) is 5.56 Å². The van der Waals surface area contributed by atoms with Crippen molar-refractivity contribution in [2.24, 2.45) is 17.8 Å². The number of piperazine rings is 1. The average molecular weight is 702 g/mol. The Hall–Kier alpha value is -5.82. The molecule has 2 amide bonds. The fraction of sp³-hybridized carbons (Fsp3) is 0.444. The van der Waals surface area contributed by atoms with Gasteiger partial charge in [-0.2, -0.15) is 24.3 Å². The van der Waals surface area contributed by atoms with Crippen LogP contribution in [0.25, 0.3) is 22.4 Å². The highest BCUT2D eigenvalue weighted by Gasteiger charge is 2.32. The number of carbonyl (C=O) groups excluding carboxylic acids is 2. The van der Waals surface area contributed by atoms with Crippen LogP contribution in [0.15, 0.2) is 42.6 Å². The van der Waals surface area contributed by atoms with Crippen molar-refractivity contribution < 1.29 is 14.7 Å². The van der Waals surface area contributed by atoms with Crippen molar-refractivity contribution in [3.8, 4) is 17.2 Å². The van der Waals surface area contributed by atoms with Crippen LogP contribution < -0.4 is 25.3 Å². The summed E-state index contributed by atoms with van der Waals surface area (Å²) in [5.74, 6) is 3.18. The standard InChI is InChI=1S/C36H39N13O3/c37-19-25-18-26(27-8-9-30(45-12-10-22(21-50)11-13-45)49-32(27)40-36(44-49)42-34(52)24-6-7-24)20-38-31(25)47-16-14-46(15-17-47)29-3-1-2-28-39-35(43-48(28)29)41-33(51)23-4-5-23/h1-3,8-9,18,20,22-24,50H,4-7,10-17,21H2,(H,41,43,51)(H,42,44,52). The number of aliphatic hydroxyl groups excluding tert-OH is 1. The highest BCUT2D eigenvalue weighted by Crippen LogP contribution is 2.34. The van der Waals surface area contributed by atoms with E-state index < -0.39 is 0 Å². The van der Waals surface area contributed by atoms with Gasteiger partial charge in [-0.15, -0.1) is 10.2 Å². The van der Waals surface area contributed by atoms with E-state index in [0.29, 0.717) is 54.8 Å².